The second-order valence-electron chi connectivity index (χ2n) is 5.77. The van der Waals surface area contributed by atoms with Crippen molar-refractivity contribution in [2.75, 3.05) is 25.1 Å². The molecule has 0 bridgehead atoms. The first-order chi connectivity index (χ1) is 11.3. The molecule has 122 valence electrons. The second-order valence-corrected chi connectivity index (χ2v) is 6.21. The molecule has 1 unspecified atom stereocenters. The summed E-state index contributed by atoms with van der Waals surface area (Å²) in [5.74, 6) is 0.892. The lowest BCUT2D eigenvalue weighted by atomic mass is 10.1. The minimum Gasteiger partial charge on any atom is -0.491 e. The highest BCUT2D eigenvalue weighted by molar-refractivity contribution is 6.30. The molecular weight excluding hydrogens is 310 g/mol. The molecule has 0 aromatic heterocycles. The fourth-order valence-corrected chi connectivity index (χ4v) is 2.76. The van der Waals surface area contributed by atoms with E-state index in [0.717, 1.165) is 48.9 Å². The SMILES string of the molecule is Clc1ccc(CCNc2ccc(OCC3CCCO3)cc2)cc1. The predicted octanol–water partition coefficient (Wildman–Crippen LogP) is 4.55. The highest BCUT2D eigenvalue weighted by Gasteiger charge is 2.15. The highest BCUT2D eigenvalue weighted by Crippen LogP contribution is 2.18. The van der Waals surface area contributed by atoms with Crippen molar-refractivity contribution in [3.8, 4) is 5.75 Å². The first kappa shape index (κ1) is 16.2. The standard InChI is InChI=1S/C19H22ClNO2/c20-16-5-3-15(4-6-16)11-12-21-17-7-9-18(10-8-17)23-14-19-2-1-13-22-19/h3-10,19,21H,1-2,11-14H2. The van der Waals surface area contributed by atoms with Gasteiger partial charge in [0.05, 0.1) is 6.10 Å². The predicted molar refractivity (Wildman–Crippen MR) is 94.6 cm³/mol. The van der Waals surface area contributed by atoms with E-state index in [-0.39, 0.29) is 6.10 Å². The zero-order valence-corrected chi connectivity index (χ0v) is 13.9. The fourth-order valence-electron chi connectivity index (χ4n) is 2.64. The van der Waals surface area contributed by atoms with Crippen molar-refractivity contribution in [3.63, 3.8) is 0 Å². The van der Waals surface area contributed by atoms with Crippen LogP contribution in [0.25, 0.3) is 0 Å². The molecule has 0 spiro atoms. The molecular formula is C19H22ClNO2. The normalized spacial score (nSPS) is 17.2. The van der Waals surface area contributed by atoms with Crippen LogP contribution in [0.3, 0.4) is 0 Å². The number of benzene rings is 2. The van der Waals surface area contributed by atoms with Gasteiger partial charge in [0, 0.05) is 23.9 Å². The number of ether oxygens (including phenoxy) is 2. The minimum atomic E-state index is 0.257. The summed E-state index contributed by atoms with van der Waals surface area (Å²) in [7, 11) is 0. The summed E-state index contributed by atoms with van der Waals surface area (Å²) in [6.45, 7) is 2.39. The van der Waals surface area contributed by atoms with Crippen LogP contribution in [0.4, 0.5) is 5.69 Å². The van der Waals surface area contributed by atoms with Crippen molar-refractivity contribution in [2.24, 2.45) is 0 Å². The van der Waals surface area contributed by atoms with E-state index in [1.54, 1.807) is 0 Å². The van der Waals surface area contributed by atoms with Gasteiger partial charge in [-0.15, -0.1) is 0 Å². The molecule has 0 radical (unpaired) electrons. The van der Waals surface area contributed by atoms with Crippen LogP contribution in [0.15, 0.2) is 48.5 Å². The Bertz CT molecular complexity index is 592. The number of rotatable bonds is 7. The van der Waals surface area contributed by atoms with Gasteiger partial charge in [0.1, 0.15) is 12.4 Å². The van der Waals surface area contributed by atoms with Gasteiger partial charge < -0.3 is 14.8 Å². The zero-order valence-electron chi connectivity index (χ0n) is 13.1. The molecule has 1 heterocycles. The van der Waals surface area contributed by atoms with Gasteiger partial charge in [-0.3, -0.25) is 0 Å². The van der Waals surface area contributed by atoms with Gasteiger partial charge in [0.15, 0.2) is 0 Å². The second kappa shape index (κ2) is 8.23. The molecule has 2 aromatic carbocycles. The Kier molecular flexibility index (Phi) is 5.78. The third kappa shape index (κ3) is 5.15. The molecule has 1 atom stereocenters. The summed E-state index contributed by atoms with van der Waals surface area (Å²) in [5.41, 5.74) is 2.38. The van der Waals surface area contributed by atoms with Crippen LogP contribution in [-0.4, -0.2) is 25.9 Å². The zero-order chi connectivity index (χ0) is 15.9. The number of nitrogens with one attached hydrogen (secondary N) is 1. The van der Waals surface area contributed by atoms with Gasteiger partial charge in [-0.25, -0.2) is 0 Å². The molecule has 3 nitrogen and oxygen atoms in total. The highest BCUT2D eigenvalue weighted by atomic mass is 35.5. The summed E-state index contributed by atoms with van der Waals surface area (Å²) in [6, 6.07) is 16.1. The maximum atomic E-state index is 5.89. The average molecular weight is 332 g/mol. The molecule has 2 aromatic rings. The lowest BCUT2D eigenvalue weighted by Crippen LogP contribution is -2.16. The van der Waals surface area contributed by atoms with E-state index in [4.69, 9.17) is 21.1 Å². The average Bonchev–Trinajstić information content (AvgIpc) is 3.09. The molecule has 0 amide bonds. The molecule has 1 N–H and O–H groups in total. The van der Waals surface area contributed by atoms with Crippen molar-refractivity contribution < 1.29 is 9.47 Å². The van der Waals surface area contributed by atoms with Crippen LogP contribution in [-0.2, 0) is 11.2 Å². The van der Waals surface area contributed by atoms with Crippen molar-refractivity contribution in [2.45, 2.75) is 25.4 Å². The van der Waals surface area contributed by atoms with Crippen LogP contribution in [0, 0.1) is 0 Å². The third-order valence-corrected chi connectivity index (χ3v) is 4.22. The minimum absolute atomic E-state index is 0.257. The number of halogens is 1. The van der Waals surface area contributed by atoms with Crippen LogP contribution in [0.2, 0.25) is 5.02 Å². The quantitative estimate of drug-likeness (QED) is 0.807. The summed E-state index contributed by atoms with van der Waals surface area (Å²) < 4.78 is 11.3. The van der Waals surface area contributed by atoms with Crippen LogP contribution in [0.5, 0.6) is 5.75 Å². The van der Waals surface area contributed by atoms with E-state index in [1.165, 1.54) is 5.56 Å². The van der Waals surface area contributed by atoms with E-state index < -0.39 is 0 Å². The van der Waals surface area contributed by atoms with E-state index in [1.807, 2.05) is 36.4 Å². The molecule has 23 heavy (non-hydrogen) atoms. The van der Waals surface area contributed by atoms with Crippen LogP contribution < -0.4 is 10.1 Å². The number of hydrogen-bond donors (Lipinski definition) is 1. The molecule has 4 heteroatoms. The van der Waals surface area contributed by atoms with Crippen molar-refractivity contribution >= 4 is 17.3 Å². The van der Waals surface area contributed by atoms with Crippen molar-refractivity contribution in [3.05, 3.63) is 59.1 Å². The topological polar surface area (TPSA) is 30.5 Å². The van der Waals surface area contributed by atoms with Gasteiger partial charge in [-0.05, 0) is 61.2 Å². The molecule has 1 aliphatic rings. The first-order valence-corrected chi connectivity index (χ1v) is 8.50. The molecule has 1 aliphatic heterocycles. The lowest BCUT2D eigenvalue weighted by Gasteiger charge is -2.12. The Morgan fingerprint density at radius 1 is 1.09 bits per heavy atom. The van der Waals surface area contributed by atoms with Gasteiger partial charge in [-0.2, -0.15) is 0 Å². The van der Waals surface area contributed by atoms with Crippen LogP contribution >= 0.6 is 11.6 Å². The smallest absolute Gasteiger partial charge is 0.119 e. The molecule has 0 saturated carbocycles. The Morgan fingerprint density at radius 3 is 2.57 bits per heavy atom. The molecule has 3 rings (SSSR count). The van der Waals surface area contributed by atoms with Crippen molar-refractivity contribution in [1.29, 1.82) is 0 Å². The number of anilines is 1. The van der Waals surface area contributed by atoms with Gasteiger partial charge in [0.25, 0.3) is 0 Å². The molecule has 1 saturated heterocycles. The van der Waals surface area contributed by atoms with Crippen LogP contribution in [0.1, 0.15) is 18.4 Å². The Labute approximate surface area is 142 Å². The Hall–Kier alpha value is -1.71. The van der Waals surface area contributed by atoms with E-state index >= 15 is 0 Å². The van der Waals surface area contributed by atoms with Gasteiger partial charge in [-0.1, -0.05) is 23.7 Å². The van der Waals surface area contributed by atoms with E-state index in [2.05, 4.69) is 17.4 Å². The lowest BCUT2D eigenvalue weighted by molar-refractivity contribution is 0.0679. The Balaban J connectivity index is 1.41. The summed E-state index contributed by atoms with van der Waals surface area (Å²) in [5, 5.41) is 4.20. The van der Waals surface area contributed by atoms with Gasteiger partial charge >= 0.3 is 0 Å². The molecule has 1 fully saturated rings. The fraction of sp³-hybridized carbons (Fsp3) is 0.368. The molecule has 0 aliphatic carbocycles. The third-order valence-electron chi connectivity index (χ3n) is 3.97. The Morgan fingerprint density at radius 2 is 1.87 bits per heavy atom. The van der Waals surface area contributed by atoms with E-state index in [9.17, 15) is 0 Å². The van der Waals surface area contributed by atoms with Crippen molar-refractivity contribution in [1.82, 2.24) is 0 Å². The monoisotopic (exact) mass is 331 g/mol. The number of hydrogen-bond acceptors (Lipinski definition) is 3. The maximum Gasteiger partial charge on any atom is 0.119 e. The van der Waals surface area contributed by atoms with E-state index in [0.29, 0.717) is 6.61 Å². The maximum absolute atomic E-state index is 5.89. The summed E-state index contributed by atoms with van der Waals surface area (Å²) in [6.07, 6.45) is 3.47. The summed E-state index contributed by atoms with van der Waals surface area (Å²) >= 11 is 5.89. The summed E-state index contributed by atoms with van der Waals surface area (Å²) in [4.78, 5) is 0. The first-order valence-electron chi connectivity index (χ1n) is 8.12. The largest absolute Gasteiger partial charge is 0.491 e. The van der Waals surface area contributed by atoms with Gasteiger partial charge in [0.2, 0.25) is 0 Å².